The molecule has 3 aromatic carbocycles. The summed E-state index contributed by atoms with van der Waals surface area (Å²) in [6.07, 6.45) is 0. The molecule has 0 saturated heterocycles. The average Bonchev–Trinajstić information content (AvgIpc) is 3.07. The van der Waals surface area contributed by atoms with E-state index in [2.05, 4.69) is 10.6 Å². The van der Waals surface area contributed by atoms with Crippen LogP contribution in [0.2, 0.25) is 0 Å². The van der Waals surface area contributed by atoms with E-state index in [1.54, 1.807) is 42.5 Å². The molecule has 29 heavy (non-hydrogen) atoms. The predicted octanol–water partition coefficient (Wildman–Crippen LogP) is 3.99. The number of nitrogens with one attached hydrogen (secondary N) is 2. The lowest BCUT2D eigenvalue weighted by Gasteiger charge is -2.15. The van der Waals surface area contributed by atoms with Crippen molar-refractivity contribution in [2.75, 3.05) is 23.5 Å². The van der Waals surface area contributed by atoms with E-state index < -0.39 is 5.97 Å². The summed E-state index contributed by atoms with van der Waals surface area (Å²) in [5, 5.41) is 6.23. The lowest BCUT2D eigenvalue weighted by Crippen LogP contribution is -2.10. The highest BCUT2D eigenvalue weighted by Crippen LogP contribution is 2.38. The maximum absolute atomic E-state index is 12.8. The molecule has 0 atom stereocenters. The predicted molar refractivity (Wildman–Crippen MR) is 114 cm³/mol. The number of amides is 1. The Morgan fingerprint density at radius 1 is 0.966 bits per heavy atom. The molecule has 0 fully saturated rings. The number of nitrogens with two attached hydrogens (primary N) is 1. The van der Waals surface area contributed by atoms with Gasteiger partial charge in [-0.15, -0.1) is 0 Å². The zero-order valence-corrected chi connectivity index (χ0v) is 15.7. The highest BCUT2D eigenvalue weighted by molar-refractivity contribution is 6.37. The molecule has 144 valence electrons. The van der Waals surface area contributed by atoms with Crippen molar-refractivity contribution in [1.29, 1.82) is 0 Å². The molecule has 0 spiro atoms. The first-order valence-corrected chi connectivity index (χ1v) is 9.03. The van der Waals surface area contributed by atoms with Crippen LogP contribution in [0.4, 0.5) is 17.1 Å². The van der Waals surface area contributed by atoms with Crippen molar-refractivity contribution in [3.8, 4) is 0 Å². The normalized spacial score (nSPS) is 14.0. The molecule has 1 heterocycles. The van der Waals surface area contributed by atoms with E-state index in [-0.39, 0.29) is 5.91 Å². The Morgan fingerprint density at radius 3 is 2.38 bits per heavy atom. The summed E-state index contributed by atoms with van der Waals surface area (Å²) in [4.78, 5) is 24.5. The van der Waals surface area contributed by atoms with Crippen LogP contribution in [-0.4, -0.2) is 19.0 Å². The number of carbonyl (C=O) groups excluding carboxylic acids is 2. The number of fused-ring (bicyclic) bond motifs is 1. The minimum atomic E-state index is -0.405. The smallest absolute Gasteiger partial charge is 0.337 e. The number of carbonyl (C=O) groups is 2. The maximum atomic E-state index is 12.8. The van der Waals surface area contributed by atoms with Gasteiger partial charge in [-0.05, 0) is 48.0 Å². The van der Waals surface area contributed by atoms with Crippen LogP contribution in [0.5, 0.6) is 0 Å². The van der Waals surface area contributed by atoms with Crippen LogP contribution in [0.15, 0.2) is 72.8 Å². The zero-order chi connectivity index (χ0) is 20.4. The van der Waals surface area contributed by atoms with Gasteiger partial charge in [-0.25, -0.2) is 4.79 Å². The fourth-order valence-corrected chi connectivity index (χ4v) is 3.27. The molecule has 0 saturated carbocycles. The topological polar surface area (TPSA) is 93.4 Å². The van der Waals surface area contributed by atoms with E-state index in [1.165, 1.54) is 7.11 Å². The zero-order valence-electron chi connectivity index (χ0n) is 15.7. The molecule has 6 nitrogen and oxygen atoms in total. The van der Waals surface area contributed by atoms with E-state index in [9.17, 15) is 9.59 Å². The van der Waals surface area contributed by atoms with E-state index in [4.69, 9.17) is 10.5 Å². The van der Waals surface area contributed by atoms with Crippen molar-refractivity contribution in [1.82, 2.24) is 0 Å². The monoisotopic (exact) mass is 385 g/mol. The fraction of sp³-hybridized carbons (Fsp3) is 0.0435. The van der Waals surface area contributed by atoms with E-state index in [0.29, 0.717) is 22.5 Å². The van der Waals surface area contributed by atoms with Crippen LogP contribution in [0.3, 0.4) is 0 Å². The highest BCUT2D eigenvalue weighted by atomic mass is 16.5. The second kappa shape index (κ2) is 7.52. The molecule has 1 amide bonds. The van der Waals surface area contributed by atoms with E-state index in [1.807, 2.05) is 30.3 Å². The molecule has 0 radical (unpaired) electrons. The number of nitrogen functional groups attached to an aromatic ring is 1. The van der Waals surface area contributed by atoms with Gasteiger partial charge >= 0.3 is 5.97 Å². The molecule has 1 aliphatic rings. The van der Waals surface area contributed by atoms with Crippen molar-refractivity contribution >= 4 is 40.2 Å². The number of ether oxygens (including phenoxy) is 1. The van der Waals surface area contributed by atoms with Crippen LogP contribution in [0.1, 0.15) is 21.5 Å². The van der Waals surface area contributed by atoms with Gasteiger partial charge in [-0.3, -0.25) is 4.79 Å². The second-order valence-electron chi connectivity index (χ2n) is 6.57. The number of rotatable bonds is 4. The van der Waals surface area contributed by atoms with Gasteiger partial charge < -0.3 is 21.1 Å². The summed E-state index contributed by atoms with van der Waals surface area (Å²) in [6, 6.07) is 21.8. The van der Waals surface area contributed by atoms with Gasteiger partial charge in [0.2, 0.25) is 0 Å². The number of anilines is 3. The van der Waals surface area contributed by atoms with Crippen LogP contribution < -0.4 is 16.4 Å². The Morgan fingerprint density at radius 2 is 1.69 bits per heavy atom. The number of esters is 1. The molecule has 0 unspecified atom stereocenters. The molecule has 0 aliphatic carbocycles. The van der Waals surface area contributed by atoms with Crippen LogP contribution >= 0.6 is 0 Å². The Balaban J connectivity index is 1.82. The third-order valence-corrected chi connectivity index (χ3v) is 4.68. The Bertz CT molecular complexity index is 1120. The quantitative estimate of drug-likeness (QED) is 0.359. The summed E-state index contributed by atoms with van der Waals surface area (Å²) in [5.74, 6) is -0.610. The minimum Gasteiger partial charge on any atom is -0.465 e. The van der Waals surface area contributed by atoms with Crippen LogP contribution in [0, 0.1) is 0 Å². The first kappa shape index (κ1) is 18.3. The third kappa shape index (κ3) is 3.55. The summed E-state index contributed by atoms with van der Waals surface area (Å²) < 4.78 is 4.74. The van der Waals surface area contributed by atoms with Gasteiger partial charge in [0.1, 0.15) is 0 Å². The fourth-order valence-electron chi connectivity index (χ4n) is 3.27. The summed E-state index contributed by atoms with van der Waals surface area (Å²) in [7, 11) is 1.34. The number of hydrogen-bond donors (Lipinski definition) is 3. The molecule has 0 aromatic heterocycles. The second-order valence-corrected chi connectivity index (χ2v) is 6.57. The van der Waals surface area contributed by atoms with E-state index >= 15 is 0 Å². The molecule has 3 aromatic rings. The maximum Gasteiger partial charge on any atom is 0.337 e. The third-order valence-electron chi connectivity index (χ3n) is 4.68. The number of benzene rings is 3. The van der Waals surface area contributed by atoms with Gasteiger partial charge in [-0.1, -0.05) is 30.3 Å². The molecule has 4 rings (SSSR count). The Hall–Kier alpha value is -4.06. The summed E-state index contributed by atoms with van der Waals surface area (Å²) in [6.45, 7) is 0. The molecule has 4 N–H and O–H groups in total. The molecule has 6 heteroatoms. The summed E-state index contributed by atoms with van der Waals surface area (Å²) >= 11 is 0. The Kier molecular flexibility index (Phi) is 4.75. The van der Waals surface area contributed by atoms with Gasteiger partial charge in [0.15, 0.2) is 0 Å². The van der Waals surface area contributed by atoms with Gasteiger partial charge in [0.25, 0.3) is 5.91 Å². The van der Waals surface area contributed by atoms with Gasteiger partial charge in [0, 0.05) is 22.6 Å². The molecular weight excluding hydrogens is 366 g/mol. The van der Waals surface area contributed by atoms with Crippen molar-refractivity contribution in [2.24, 2.45) is 0 Å². The lowest BCUT2D eigenvalue weighted by molar-refractivity contribution is -0.110. The SMILES string of the molecule is COC(=O)c1ccc(NC(=C2C(=O)Nc3ccc(N)cc32)c2ccccc2)cc1. The lowest BCUT2D eigenvalue weighted by atomic mass is 9.99. The van der Waals surface area contributed by atoms with Crippen LogP contribution in [-0.2, 0) is 9.53 Å². The molecule has 1 aliphatic heterocycles. The molecule has 0 bridgehead atoms. The van der Waals surface area contributed by atoms with Crippen molar-refractivity contribution in [3.63, 3.8) is 0 Å². The molecular formula is C23H19N3O3. The standard InChI is InChI=1S/C23H19N3O3/c1-29-23(28)15-7-10-17(11-8-15)25-21(14-5-3-2-4-6-14)20-18-13-16(24)9-12-19(18)26-22(20)27/h2-13,25H,24H2,1H3,(H,26,27). The minimum absolute atomic E-state index is 0.205. The average molecular weight is 385 g/mol. The van der Waals surface area contributed by atoms with Crippen molar-refractivity contribution < 1.29 is 14.3 Å². The Labute approximate surface area is 168 Å². The largest absolute Gasteiger partial charge is 0.465 e. The first-order chi connectivity index (χ1) is 14.1. The van der Waals surface area contributed by atoms with E-state index in [0.717, 1.165) is 22.5 Å². The van der Waals surface area contributed by atoms with Crippen LogP contribution in [0.25, 0.3) is 11.3 Å². The number of methoxy groups -OCH3 is 1. The number of hydrogen-bond acceptors (Lipinski definition) is 5. The van der Waals surface area contributed by atoms with Gasteiger partial charge in [0.05, 0.1) is 23.9 Å². The van der Waals surface area contributed by atoms with Crippen molar-refractivity contribution in [3.05, 3.63) is 89.5 Å². The van der Waals surface area contributed by atoms with Crippen molar-refractivity contribution in [2.45, 2.75) is 0 Å². The van der Waals surface area contributed by atoms with Gasteiger partial charge in [-0.2, -0.15) is 0 Å². The first-order valence-electron chi connectivity index (χ1n) is 9.03. The summed E-state index contributed by atoms with van der Waals surface area (Å²) in [5.41, 5.74) is 11.2. The highest BCUT2D eigenvalue weighted by Gasteiger charge is 2.28.